The van der Waals surface area contributed by atoms with Crippen LogP contribution < -0.4 is 10.6 Å². The van der Waals surface area contributed by atoms with E-state index in [9.17, 15) is 4.79 Å². The molecule has 2 unspecified atom stereocenters. The molecule has 0 aromatic carbocycles. The fourth-order valence-electron chi connectivity index (χ4n) is 2.23. The third kappa shape index (κ3) is 3.22. The largest absolute Gasteiger partial charge is 0.385 e. The first-order valence-electron chi connectivity index (χ1n) is 6.75. The fraction of sp³-hybridized carbons (Fsp3) is 0.571. The van der Waals surface area contributed by atoms with Crippen molar-refractivity contribution in [1.82, 2.24) is 10.3 Å². The van der Waals surface area contributed by atoms with Gasteiger partial charge in [0, 0.05) is 24.5 Å². The van der Waals surface area contributed by atoms with Crippen LogP contribution in [0.3, 0.4) is 0 Å². The van der Waals surface area contributed by atoms with Gasteiger partial charge in [0.15, 0.2) is 0 Å². The molecule has 0 spiro atoms. The van der Waals surface area contributed by atoms with Crippen molar-refractivity contribution in [2.45, 2.75) is 39.2 Å². The maximum absolute atomic E-state index is 12.0. The fourth-order valence-corrected chi connectivity index (χ4v) is 2.23. The van der Waals surface area contributed by atoms with E-state index in [0.29, 0.717) is 17.7 Å². The summed E-state index contributed by atoms with van der Waals surface area (Å²) in [4.78, 5) is 16.1. The summed E-state index contributed by atoms with van der Waals surface area (Å²) in [5.41, 5.74) is 1.44. The van der Waals surface area contributed by atoms with Gasteiger partial charge in [-0.15, -0.1) is 0 Å². The number of nitrogens with one attached hydrogen (secondary N) is 2. The van der Waals surface area contributed by atoms with Crippen molar-refractivity contribution in [3.05, 3.63) is 24.0 Å². The van der Waals surface area contributed by atoms with E-state index in [0.717, 1.165) is 18.7 Å². The second-order valence-corrected chi connectivity index (χ2v) is 4.82. The minimum atomic E-state index is -0.0571. The third-order valence-corrected chi connectivity index (χ3v) is 3.27. The van der Waals surface area contributed by atoms with E-state index in [4.69, 9.17) is 0 Å². The van der Waals surface area contributed by atoms with Crippen molar-refractivity contribution in [2.75, 3.05) is 11.9 Å². The maximum Gasteiger partial charge on any atom is 0.270 e. The summed E-state index contributed by atoms with van der Waals surface area (Å²) in [7, 11) is 0. The summed E-state index contributed by atoms with van der Waals surface area (Å²) >= 11 is 0. The Labute approximate surface area is 108 Å². The Hall–Kier alpha value is -1.58. The van der Waals surface area contributed by atoms with Crippen LogP contribution >= 0.6 is 0 Å². The summed E-state index contributed by atoms with van der Waals surface area (Å²) in [5, 5.41) is 6.23. The van der Waals surface area contributed by atoms with E-state index in [-0.39, 0.29) is 5.91 Å². The van der Waals surface area contributed by atoms with Crippen LogP contribution in [0.1, 0.15) is 43.6 Å². The van der Waals surface area contributed by atoms with Crippen molar-refractivity contribution in [3.63, 3.8) is 0 Å². The highest BCUT2D eigenvalue weighted by Crippen LogP contribution is 2.34. The lowest BCUT2D eigenvalue weighted by atomic mass is 10.2. The molecule has 1 aromatic rings. The number of amides is 1. The van der Waals surface area contributed by atoms with Gasteiger partial charge >= 0.3 is 0 Å². The quantitative estimate of drug-likeness (QED) is 0.811. The van der Waals surface area contributed by atoms with Crippen molar-refractivity contribution >= 4 is 11.6 Å². The molecule has 2 atom stereocenters. The second-order valence-electron chi connectivity index (χ2n) is 4.82. The number of anilines is 1. The maximum atomic E-state index is 12.0. The van der Waals surface area contributed by atoms with Crippen LogP contribution in [0.5, 0.6) is 0 Å². The summed E-state index contributed by atoms with van der Waals surface area (Å²) in [6, 6.07) is 4.04. The number of carbonyl (C=O) groups is 1. The van der Waals surface area contributed by atoms with E-state index >= 15 is 0 Å². The van der Waals surface area contributed by atoms with Crippen molar-refractivity contribution in [2.24, 2.45) is 5.92 Å². The number of carbonyl (C=O) groups excluding carboxylic acids is 1. The Kier molecular flexibility index (Phi) is 4.18. The molecule has 1 aliphatic rings. The topological polar surface area (TPSA) is 54.0 Å². The lowest BCUT2D eigenvalue weighted by molar-refractivity contribution is 0.0944. The van der Waals surface area contributed by atoms with E-state index < -0.39 is 0 Å². The average Bonchev–Trinajstić information content (AvgIpc) is 3.08. The van der Waals surface area contributed by atoms with Gasteiger partial charge in [-0.05, 0) is 37.8 Å². The Morgan fingerprint density at radius 1 is 1.50 bits per heavy atom. The minimum absolute atomic E-state index is 0.0571. The highest BCUT2D eigenvalue weighted by atomic mass is 16.2. The molecular weight excluding hydrogens is 226 g/mol. The molecule has 0 aliphatic heterocycles. The molecule has 4 heteroatoms. The van der Waals surface area contributed by atoms with Crippen molar-refractivity contribution in [1.29, 1.82) is 0 Å². The van der Waals surface area contributed by atoms with Gasteiger partial charge in [0.05, 0.1) is 0 Å². The first-order valence-corrected chi connectivity index (χ1v) is 6.75. The van der Waals surface area contributed by atoms with Gasteiger partial charge in [-0.3, -0.25) is 9.78 Å². The predicted octanol–water partition coefficient (Wildman–Crippen LogP) is 2.43. The van der Waals surface area contributed by atoms with Crippen LogP contribution in [-0.2, 0) is 0 Å². The monoisotopic (exact) mass is 247 g/mol. The molecular formula is C14H21N3O. The molecule has 2 rings (SSSR count). The van der Waals surface area contributed by atoms with Crippen molar-refractivity contribution < 1.29 is 4.79 Å². The Morgan fingerprint density at radius 2 is 2.33 bits per heavy atom. The van der Waals surface area contributed by atoms with Gasteiger partial charge < -0.3 is 10.6 Å². The third-order valence-electron chi connectivity index (χ3n) is 3.27. The molecule has 0 bridgehead atoms. The number of hydrogen-bond acceptors (Lipinski definition) is 3. The van der Waals surface area contributed by atoms with Gasteiger partial charge in [0.1, 0.15) is 5.69 Å². The Bertz CT molecular complexity index is 419. The molecule has 1 heterocycles. The van der Waals surface area contributed by atoms with Gasteiger partial charge in [-0.1, -0.05) is 13.3 Å². The molecule has 1 saturated carbocycles. The van der Waals surface area contributed by atoms with Crippen LogP contribution in [0, 0.1) is 5.92 Å². The molecule has 1 aliphatic carbocycles. The van der Waals surface area contributed by atoms with E-state index in [1.807, 2.05) is 13.0 Å². The number of pyridine rings is 1. The van der Waals surface area contributed by atoms with Gasteiger partial charge in [0.2, 0.25) is 0 Å². The first kappa shape index (κ1) is 12.9. The number of nitrogens with zero attached hydrogens (tertiary/aromatic N) is 1. The SMILES string of the molecule is CCCC1CC1NC(=O)c1cc(NCC)ccn1. The van der Waals surface area contributed by atoms with E-state index in [1.165, 1.54) is 12.8 Å². The van der Waals surface area contributed by atoms with Gasteiger partial charge in [-0.25, -0.2) is 0 Å². The molecule has 4 nitrogen and oxygen atoms in total. The lowest BCUT2D eigenvalue weighted by Gasteiger charge is -2.06. The average molecular weight is 247 g/mol. The minimum Gasteiger partial charge on any atom is -0.385 e. The molecule has 1 fully saturated rings. The molecule has 98 valence electrons. The number of aromatic nitrogens is 1. The zero-order chi connectivity index (χ0) is 13.0. The predicted molar refractivity (Wildman–Crippen MR) is 72.7 cm³/mol. The lowest BCUT2D eigenvalue weighted by Crippen LogP contribution is -2.27. The molecule has 0 saturated heterocycles. The smallest absolute Gasteiger partial charge is 0.270 e. The normalized spacial score (nSPS) is 21.4. The summed E-state index contributed by atoms with van der Waals surface area (Å²) in [5.74, 6) is 0.620. The van der Waals surface area contributed by atoms with E-state index in [2.05, 4.69) is 22.5 Å². The van der Waals surface area contributed by atoms with Gasteiger partial charge in [0.25, 0.3) is 5.91 Å². The summed E-state index contributed by atoms with van der Waals surface area (Å²) < 4.78 is 0. The van der Waals surface area contributed by atoms with Crippen LogP contribution in [0.2, 0.25) is 0 Å². The standard InChI is InChI=1S/C14H21N3O/c1-3-5-10-8-12(10)17-14(18)13-9-11(15-4-2)6-7-16-13/h6-7,9-10,12H,3-5,8H2,1-2H3,(H,15,16)(H,17,18). The number of rotatable bonds is 6. The Balaban J connectivity index is 1.91. The summed E-state index contributed by atoms with van der Waals surface area (Å²) in [6.45, 7) is 5.05. The highest BCUT2D eigenvalue weighted by Gasteiger charge is 2.37. The zero-order valence-electron chi connectivity index (χ0n) is 11.1. The molecule has 2 N–H and O–H groups in total. The number of hydrogen-bond donors (Lipinski definition) is 2. The molecule has 1 amide bonds. The van der Waals surface area contributed by atoms with Crippen LogP contribution in [-0.4, -0.2) is 23.5 Å². The Morgan fingerprint density at radius 3 is 3.06 bits per heavy atom. The second kappa shape index (κ2) is 5.85. The molecule has 1 aromatic heterocycles. The first-order chi connectivity index (χ1) is 8.74. The summed E-state index contributed by atoms with van der Waals surface area (Å²) in [6.07, 6.45) is 5.18. The van der Waals surface area contributed by atoms with Crippen LogP contribution in [0.15, 0.2) is 18.3 Å². The highest BCUT2D eigenvalue weighted by molar-refractivity contribution is 5.93. The van der Waals surface area contributed by atoms with Crippen molar-refractivity contribution in [3.8, 4) is 0 Å². The van der Waals surface area contributed by atoms with Crippen LogP contribution in [0.4, 0.5) is 5.69 Å². The molecule has 0 radical (unpaired) electrons. The van der Waals surface area contributed by atoms with Crippen LogP contribution in [0.25, 0.3) is 0 Å². The zero-order valence-corrected chi connectivity index (χ0v) is 11.1. The molecule has 18 heavy (non-hydrogen) atoms. The van der Waals surface area contributed by atoms with Gasteiger partial charge in [-0.2, -0.15) is 0 Å². The van der Waals surface area contributed by atoms with E-state index in [1.54, 1.807) is 12.3 Å².